The molecule has 23 heavy (non-hydrogen) atoms. The summed E-state index contributed by atoms with van der Waals surface area (Å²) in [6.45, 7) is 3.67. The van der Waals surface area contributed by atoms with Crippen LogP contribution >= 0.6 is 0 Å². The van der Waals surface area contributed by atoms with Gasteiger partial charge in [0, 0.05) is 17.7 Å². The molecule has 0 aromatic heterocycles. The van der Waals surface area contributed by atoms with E-state index in [1.807, 2.05) is 31.2 Å². The summed E-state index contributed by atoms with van der Waals surface area (Å²) < 4.78 is 0. The van der Waals surface area contributed by atoms with Crippen LogP contribution in [0.15, 0.2) is 53.6 Å². The number of rotatable bonds is 5. The van der Waals surface area contributed by atoms with E-state index in [0.29, 0.717) is 11.3 Å². The van der Waals surface area contributed by atoms with Crippen molar-refractivity contribution in [1.82, 2.24) is 5.43 Å². The zero-order chi connectivity index (χ0) is 16.8. The molecule has 6 nitrogen and oxygen atoms in total. The number of amides is 1. The highest BCUT2D eigenvalue weighted by molar-refractivity contribution is 5.99. The molecule has 0 atom stereocenters. The Morgan fingerprint density at radius 3 is 2.57 bits per heavy atom. The molecular weight excluding hydrogens is 294 g/mol. The molecule has 0 aliphatic rings. The van der Waals surface area contributed by atoms with Crippen LogP contribution in [0.2, 0.25) is 0 Å². The Hall–Kier alpha value is -3.02. The van der Waals surface area contributed by atoms with Crippen LogP contribution in [-0.4, -0.2) is 16.5 Å². The summed E-state index contributed by atoms with van der Waals surface area (Å²) >= 11 is 0. The van der Waals surface area contributed by atoms with Crippen LogP contribution in [0.3, 0.4) is 0 Å². The average molecular weight is 311 g/mol. The maximum atomic E-state index is 11.9. The molecule has 0 radical (unpaired) electrons. The van der Waals surface area contributed by atoms with Crippen LogP contribution in [-0.2, 0) is 11.2 Å². The number of carbonyl (C=O) groups is 1. The number of nitrogens with one attached hydrogen (secondary N) is 1. The minimum atomic E-state index is -0.466. The fourth-order valence-electron chi connectivity index (χ4n) is 1.99. The van der Waals surface area contributed by atoms with Crippen molar-refractivity contribution < 1.29 is 9.72 Å². The third-order valence-electron chi connectivity index (χ3n) is 3.31. The molecule has 0 aliphatic heterocycles. The number of aryl methyl sites for hydroxylation is 1. The maximum absolute atomic E-state index is 11.9. The van der Waals surface area contributed by atoms with Gasteiger partial charge in [-0.3, -0.25) is 14.9 Å². The Morgan fingerprint density at radius 2 is 1.91 bits per heavy atom. The summed E-state index contributed by atoms with van der Waals surface area (Å²) in [5.41, 5.74) is 5.59. The number of benzene rings is 2. The zero-order valence-electron chi connectivity index (χ0n) is 12.9. The van der Waals surface area contributed by atoms with Crippen molar-refractivity contribution in [2.45, 2.75) is 20.3 Å². The van der Waals surface area contributed by atoms with E-state index in [0.717, 1.165) is 11.1 Å². The van der Waals surface area contributed by atoms with Crippen molar-refractivity contribution in [2.24, 2.45) is 5.10 Å². The van der Waals surface area contributed by atoms with Gasteiger partial charge in [-0.1, -0.05) is 42.0 Å². The highest BCUT2D eigenvalue weighted by atomic mass is 16.6. The minimum Gasteiger partial charge on any atom is -0.273 e. The lowest BCUT2D eigenvalue weighted by Gasteiger charge is -2.04. The van der Waals surface area contributed by atoms with Crippen LogP contribution in [0, 0.1) is 17.0 Å². The van der Waals surface area contributed by atoms with Gasteiger partial charge >= 0.3 is 0 Å². The van der Waals surface area contributed by atoms with E-state index < -0.39 is 4.92 Å². The van der Waals surface area contributed by atoms with Crippen molar-refractivity contribution in [3.05, 3.63) is 75.3 Å². The molecule has 1 N–H and O–H groups in total. The first-order valence-corrected chi connectivity index (χ1v) is 7.09. The van der Waals surface area contributed by atoms with E-state index in [2.05, 4.69) is 10.5 Å². The number of nitro groups is 1. The van der Waals surface area contributed by atoms with Gasteiger partial charge in [0.25, 0.3) is 5.69 Å². The molecule has 0 unspecified atom stereocenters. The molecule has 2 aromatic rings. The number of nitro benzene ring substituents is 1. The molecule has 0 aliphatic carbocycles. The van der Waals surface area contributed by atoms with Gasteiger partial charge in [-0.05, 0) is 19.4 Å². The molecule has 0 spiro atoms. The molecule has 0 fully saturated rings. The van der Waals surface area contributed by atoms with Crippen molar-refractivity contribution in [2.75, 3.05) is 0 Å². The molecule has 118 valence electrons. The summed E-state index contributed by atoms with van der Waals surface area (Å²) in [7, 11) is 0. The van der Waals surface area contributed by atoms with Crippen molar-refractivity contribution in [1.29, 1.82) is 0 Å². The zero-order valence-corrected chi connectivity index (χ0v) is 12.9. The Balaban J connectivity index is 2.01. The third kappa shape index (κ3) is 4.74. The Morgan fingerprint density at radius 1 is 1.22 bits per heavy atom. The minimum absolute atomic E-state index is 0.0111. The number of nitrogens with zero attached hydrogens (tertiary/aromatic N) is 2. The normalized spacial score (nSPS) is 11.1. The van der Waals surface area contributed by atoms with Crippen molar-refractivity contribution in [3.63, 3.8) is 0 Å². The number of hydrogen-bond donors (Lipinski definition) is 1. The molecule has 2 aromatic carbocycles. The fourth-order valence-corrected chi connectivity index (χ4v) is 1.99. The summed E-state index contributed by atoms with van der Waals surface area (Å²) in [5, 5.41) is 14.8. The second kappa shape index (κ2) is 7.31. The first-order valence-electron chi connectivity index (χ1n) is 7.09. The lowest BCUT2D eigenvalue weighted by Crippen LogP contribution is -2.21. The first-order chi connectivity index (χ1) is 11.0. The number of carbonyl (C=O) groups excluding carboxylic acids is 1. The summed E-state index contributed by atoms with van der Waals surface area (Å²) in [6, 6.07) is 13.8. The van der Waals surface area contributed by atoms with Crippen LogP contribution in [0.4, 0.5) is 5.69 Å². The van der Waals surface area contributed by atoms with E-state index in [9.17, 15) is 14.9 Å². The topological polar surface area (TPSA) is 84.6 Å². The van der Waals surface area contributed by atoms with E-state index in [1.54, 1.807) is 19.1 Å². The quantitative estimate of drug-likeness (QED) is 0.523. The van der Waals surface area contributed by atoms with Crippen LogP contribution in [0.1, 0.15) is 23.6 Å². The van der Waals surface area contributed by atoms with Crippen molar-refractivity contribution in [3.8, 4) is 0 Å². The Bertz CT molecular complexity index is 752. The molecule has 0 heterocycles. The number of hydrazone groups is 1. The lowest BCUT2D eigenvalue weighted by molar-refractivity contribution is -0.384. The maximum Gasteiger partial charge on any atom is 0.270 e. The second-order valence-electron chi connectivity index (χ2n) is 5.20. The molecule has 0 saturated heterocycles. The van der Waals surface area contributed by atoms with Gasteiger partial charge in [0.1, 0.15) is 0 Å². The van der Waals surface area contributed by atoms with Gasteiger partial charge in [-0.25, -0.2) is 5.43 Å². The SMILES string of the molecule is C/C(=N\NC(=O)Cc1ccc(C)cc1)c1cccc([N+](=O)[O-])c1. The summed E-state index contributed by atoms with van der Waals surface area (Å²) in [5.74, 6) is -0.237. The lowest BCUT2D eigenvalue weighted by atomic mass is 10.1. The van der Waals surface area contributed by atoms with E-state index in [1.165, 1.54) is 12.1 Å². The van der Waals surface area contributed by atoms with E-state index in [-0.39, 0.29) is 18.0 Å². The van der Waals surface area contributed by atoms with Crippen molar-refractivity contribution >= 4 is 17.3 Å². The van der Waals surface area contributed by atoms with E-state index in [4.69, 9.17) is 0 Å². The number of non-ortho nitro benzene ring substituents is 1. The summed E-state index contributed by atoms with van der Waals surface area (Å²) in [6.07, 6.45) is 0.228. The van der Waals surface area contributed by atoms with Crippen LogP contribution in [0.5, 0.6) is 0 Å². The predicted molar refractivity (Wildman–Crippen MR) is 88.3 cm³/mol. The molecule has 0 saturated carbocycles. The Kier molecular flexibility index (Phi) is 5.19. The number of hydrogen-bond acceptors (Lipinski definition) is 4. The average Bonchev–Trinajstić information content (AvgIpc) is 2.55. The highest BCUT2D eigenvalue weighted by Crippen LogP contribution is 2.13. The molecule has 6 heteroatoms. The predicted octanol–water partition coefficient (Wildman–Crippen LogP) is 2.99. The van der Waals surface area contributed by atoms with Gasteiger partial charge in [-0.15, -0.1) is 0 Å². The molecule has 2 rings (SSSR count). The first kappa shape index (κ1) is 16.4. The Labute approximate surface area is 134 Å². The molecule has 1 amide bonds. The third-order valence-corrected chi connectivity index (χ3v) is 3.31. The van der Waals surface area contributed by atoms with Crippen LogP contribution < -0.4 is 5.43 Å². The monoisotopic (exact) mass is 311 g/mol. The highest BCUT2D eigenvalue weighted by Gasteiger charge is 2.08. The summed E-state index contributed by atoms with van der Waals surface area (Å²) in [4.78, 5) is 22.2. The van der Waals surface area contributed by atoms with Crippen LogP contribution in [0.25, 0.3) is 0 Å². The fraction of sp³-hybridized carbons (Fsp3) is 0.176. The van der Waals surface area contributed by atoms with E-state index >= 15 is 0 Å². The van der Waals surface area contributed by atoms with Gasteiger partial charge < -0.3 is 0 Å². The second-order valence-corrected chi connectivity index (χ2v) is 5.20. The van der Waals surface area contributed by atoms with Gasteiger partial charge in [0.2, 0.25) is 5.91 Å². The standard InChI is InChI=1S/C17H17N3O3/c1-12-6-8-14(9-7-12)10-17(21)19-18-13(2)15-4-3-5-16(11-15)20(22)23/h3-9,11H,10H2,1-2H3,(H,19,21)/b18-13+. The molecule has 0 bridgehead atoms. The van der Waals surface area contributed by atoms with Gasteiger partial charge in [0.15, 0.2) is 0 Å². The largest absolute Gasteiger partial charge is 0.273 e. The smallest absolute Gasteiger partial charge is 0.270 e. The van der Waals surface area contributed by atoms with Gasteiger partial charge in [-0.2, -0.15) is 5.10 Å². The molecular formula is C17H17N3O3. The van der Waals surface area contributed by atoms with Gasteiger partial charge in [0.05, 0.1) is 17.1 Å².